The molecule has 2 amide bonds. The maximum absolute atomic E-state index is 14.7. The quantitative estimate of drug-likeness (QED) is 0.193. The van der Waals surface area contributed by atoms with E-state index in [0.717, 1.165) is 29.7 Å². The highest BCUT2D eigenvalue weighted by atomic mass is 35.5. The summed E-state index contributed by atoms with van der Waals surface area (Å²) in [7, 11) is 0. The van der Waals surface area contributed by atoms with E-state index in [1.54, 1.807) is 24.7 Å². The fraction of sp³-hybridized carbons (Fsp3) is 0.258. The molecule has 14 heteroatoms. The standard InChI is InChI=1S/C31H29ClFN9O2S/c1-17-6-3-4-8-23(37-30(44)28-18(2)42(41-39-28)26-9-5-7-22(32)27(26)33)25-14-19(12-13-34-25)21-11-10-20(15-24(21)38-29(17)43)36-31-40-35-16-45-31/h5,7,9-17,23H,3-4,6,8H2,1-2H3,(H,36,40)(H,37,44)(H,38,43)/t17-,23-/m0/s1. The van der Waals surface area contributed by atoms with Gasteiger partial charge in [0.25, 0.3) is 5.91 Å². The molecule has 2 aromatic carbocycles. The average molecular weight is 646 g/mol. The van der Waals surface area contributed by atoms with E-state index in [1.165, 1.54) is 28.2 Å². The van der Waals surface area contributed by atoms with Crippen LogP contribution in [0.15, 0.2) is 60.2 Å². The molecule has 0 fully saturated rings. The Morgan fingerprint density at radius 3 is 2.80 bits per heavy atom. The molecule has 11 nitrogen and oxygen atoms in total. The predicted molar refractivity (Wildman–Crippen MR) is 170 cm³/mol. The lowest BCUT2D eigenvalue weighted by Crippen LogP contribution is -2.30. The molecule has 0 saturated carbocycles. The maximum atomic E-state index is 14.7. The Bertz CT molecular complexity index is 1860. The molecule has 1 aliphatic heterocycles. The highest BCUT2D eigenvalue weighted by molar-refractivity contribution is 7.13. The van der Waals surface area contributed by atoms with Crippen LogP contribution in [0.4, 0.5) is 20.9 Å². The predicted octanol–water partition coefficient (Wildman–Crippen LogP) is 6.65. The van der Waals surface area contributed by atoms with Crippen LogP contribution in [-0.2, 0) is 4.79 Å². The lowest BCUT2D eigenvalue weighted by atomic mass is 9.98. The van der Waals surface area contributed by atoms with Gasteiger partial charge in [0.2, 0.25) is 11.0 Å². The summed E-state index contributed by atoms with van der Waals surface area (Å²) in [5.41, 5.74) is 5.84. The first-order valence-corrected chi connectivity index (χ1v) is 15.7. The van der Waals surface area contributed by atoms with Gasteiger partial charge in [-0.05, 0) is 61.7 Å². The van der Waals surface area contributed by atoms with Gasteiger partial charge >= 0.3 is 0 Å². The number of amides is 2. The van der Waals surface area contributed by atoms with Crippen molar-refractivity contribution >= 4 is 51.3 Å². The van der Waals surface area contributed by atoms with E-state index < -0.39 is 17.8 Å². The first-order valence-electron chi connectivity index (χ1n) is 14.4. The molecule has 45 heavy (non-hydrogen) atoms. The van der Waals surface area contributed by atoms with Crippen LogP contribution in [0.25, 0.3) is 16.8 Å². The SMILES string of the molecule is Cc1c(C(=O)N[C@H]2CCCC[C@H](C)C(=O)Nc3cc(Nc4nncs4)ccc3-c3ccnc2c3)nnn1-c1cccc(Cl)c1F. The van der Waals surface area contributed by atoms with Crippen LogP contribution in [-0.4, -0.2) is 42.0 Å². The summed E-state index contributed by atoms with van der Waals surface area (Å²) < 4.78 is 16.0. The number of hydrogen-bond acceptors (Lipinski definition) is 9. The van der Waals surface area contributed by atoms with Gasteiger partial charge in [0.05, 0.1) is 28.1 Å². The van der Waals surface area contributed by atoms with Crippen LogP contribution in [0.2, 0.25) is 5.02 Å². The van der Waals surface area contributed by atoms with Gasteiger partial charge in [-0.1, -0.05) is 60.0 Å². The van der Waals surface area contributed by atoms with E-state index in [2.05, 4.69) is 41.4 Å². The van der Waals surface area contributed by atoms with E-state index in [4.69, 9.17) is 11.6 Å². The minimum Gasteiger partial charge on any atom is -0.342 e. The lowest BCUT2D eigenvalue weighted by Gasteiger charge is -2.19. The second kappa shape index (κ2) is 13.1. The first kappa shape index (κ1) is 30.3. The molecular weight excluding hydrogens is 617 g/mol. The zero-order chi connectivity index (χ0) is 31.5. The molecule has 3 aromatic heterocycles. The van der Waals surface area contributed by atoms with Crippen molar-refractivity contribution in [3.8, 4) is 16.8 Å². The fourth-order valence-electron chi connectivity index (χ4n) is 5.26. The smallest absolute Gasteiger partial charge is 0.274 e. The molecule has 0 radical (unpaired) electrons. The summed E-state index contributed by atoms with van der Waals surface area (Å²) in [6.45, 7) is 3.56. The Hall–Kier alpha value is -4.75. The molecule has 230 valence electrons. The monoisotopic (exact) mass is 645 g/mol. The third-order valence-electron chi connectivity index (χ3n) is 7.74. The molecular formula is C31H29ClFN9O2S. The highest BCUT2D eigenvalue weighted by Crippen LogP contribution is 2.34. The number of pyridine rings is 1. The number of halogens is 2. The van der Waals surface area contributed by atoms with Gasteiger partial charge in [0.1, 0.15) is 11.2 Å². The Morgan fingerprint density at radius 2 is 1.98 bits per heavy atom. The largest absolute Gasteiger partial charge is 0.342 e. The normalized spacial score (nSPS) is 16.8. The summed E-state index contributed by atoms with van der Waals surface area (Å²) in [5, 5.41) is 26.0. The van der Waals surface area contributed by atoms with E-state index in [-0.39, 0.29) is 28.2 Å². The fourth-order valence-corrected chi connectivity index (χ4v) is 5.90. The molecule has 6 rings (SSSR count). The van der Waals surface area contributed by atoms with Crippen molar-refractivity contribution in [2.45, 2.75) is 45.6 Å². The summed E-state index contributed by atoms with van der Waals surface area (Å²) >= 11 is 7.34. The van der Waals surface area contributed by atoms with Gasteiger partial charge in [-0.2, -0.15) is 0 Å². The minimum atomic E-state index is -0.652. The number of carbonyl (C=O) groups excluding carboxylic acids is 2. The molecule has 3 N–H and O–H groups in total. The van der Waals surface area contributed by atoms with Gasteiger partial charge in [0, 0.05) is 23.4 Å². The van der Waals surface area contributed by atoms with Gasteiger partial charge in [0.15, 0.2) is 11.5 Å². The summed E-state index contributed by atoms with van der Waals surface area (Å²) in [5.74, 6) is -1.41. The molecule has 0 spiro atoms. The molecule has 0 saturated heterocycles. The number of carbonyl (C=O) groups is 2. The van der Waals surface area contributed by atoms with Crippen molar-refractivity contribution < 1.29 is 14.0 Å². The van der Waals surface area contributed by atoms with Gasteiger partial charge in [-0.25, -0.2) is 9.07 Å². The molecule has 4 heterocycles. The van der Waals surface area contributed by atoms with Crippen LogP contribution < -0.4 is 16.0 Å². The molecule has 0 unspecified atom stereocenters. The molecule has 5 aromatic rings. The van der Waals surface area contributed by atoms with Gasteiger partial charge in [-0.15, -0.1) is 15.3 Å². The second-order valence-electron chi connectivity index (χ2n) is 10.8. The van der Waals surface area contributed by atoms with Crippen molar-refractivity contribution in [3.05, 3.63) is 88.2 Å². The van der Waals surface area contributed by atoms with Crippen molar-refractivity contribution in [1.82, 2.24) is 35.5 Å². The van der Waals surface area contributed by atoms with Crippen molar-refractivity contribution in [2.24, 2.45) is 5.92 Å². The Kier molecular flexibility index (Phi) is 8.80. The topological polar surface area (TPSA) is 140 Å². The number of aromatic nitrogens is 6. The molecule has 1 aliphatic rings. The summed E-state index contributed by atoms with van der Waals surface area (Å²) in [6, 6.07) is 13.6. The molecule has 2 bridgehead atoms. The highest BCUT2D eigenvalue weighted by Gasteiger charge is 2.25. The number of fused-ring (bicyclic) bond motifs is 4. The van der Waals surface area contributed by atoms with E-state index >= 15 is 0 Å². The van der Waals surface area contributed by atoms with Crippen LogP contribution in [0.3, 0.4) is 0 Å². The number of benzene rings is 2. The van der Waals surface area contributed by atoms with Crippen LogP contribution in [0.1, 0.15) is 60.5 Å². The summed E-state index contributed by atoms with van der Waals surface area (Å²) in [4.78, 5) is 31.4. The molecule has 0 aliphatic carbocycles. The Morgan fingerprint density at radius 1 is 1.13 bits per heavy atom. The lowest BCUT2D eigenvalue weighted by molar-refractivity contribution is -0.119. The third kappa shape index (κ3) is 6.54. The van der Waals surface area contributed by atoms with E-state index in [0.29, 0.717) is 35.0 Å². The second-order valence-corrected chi connectivity index (χ2v) is 12.0. The van der Waals surface area contributed by atoms with Gasteiger partial charge in [-0.3, -0.25) is 14.6 Å². The summed E-state index contributed by atoms with van der Waals surface area (Å²) in [6.07, 6.45) is 4.47. The maximum Gasteiger partial charge on any atom is 0.274 e. The first-order chi connectivity index (χ1) is 21.8. The minimum absolute atomic E-state index is 0.0551. The van der Waals surface area contributed by atoms with Gasteiger partial charge < -0.3 is 16.0 Å². The van der Waals surface area contributed by atoms with Crippen molar-refractivity contribution in [1.29, 1.82) is 0 Å². The van der Waals surface area contributed by atoms with Crippen LogP contribution in [0.5, 0.6) is 0 Å². The zero-order valence-corrected chi connectivity index (χ0v) is 26.0. The molecule has 2 atom stereocenters. The Balaban J connectivity index is 1.32. The van der Waals surface area contributed by atoms with Crippen molar-refractivity contribution in [3.63, 3.8) is 0 Å². The van der Waals surface area contributed by atoms with Crippen LogP contribution in [0, 0.1) is 18.7 Å². The average Bonchev–Trinajstić information content (AvgIpc) is 3.69. The Labute approximate surface area is 267 Å². The third-order valence-corrected chi connectivity index (χ3v) is 8.64. The number of nitrogens with zero attached hydrogens (tertiary/aromatic N) is 6. The number of anilines is 3. The van der Waals surface area contributed by atoms with E-state index in [9.17, 15) is 14.0 Å². The number of rotatable bonds is 5. The zero-order valence-electron chi connectivity index (χ0n) is 24.4. The van der Waals surface area contributed by atoms with E-state index in [1.807, 2.05) is 37.3 Å². The van der Waals surface area contributed by atoms with Crippen molar-refractivity contribution in [2.75, 3.05) is 10.6 Å². The number of nitrogens with one attached hydrogen (secondary N) is 3. The van der Waals surface area contributed by atoms with Crippen LogP contribution >= 0.6 is 22.9 Å². The number of hydrogen-bond donors (Lipinski definition) is 3.